The Balaban J connectivity index is 2.67. The lowest BCUT2D eigenvalue weighted by Gasteiger charge is -2.16. The number of carboxylic acid groups (broad SMARTS) is 1. The molecule has 1 saturated heterocycles. The second-order valence-electron chi connectivity index (χ2n) is 3.56. The minimum absolute atomic E-state index is 0.0462. The zero-order valence-electron chi connectivity index (χ0n) is 7.97. The molecular formula is C8H14O4S2. The van der Waals surface area contributed by atoms with Crippen LogP contribution in [0.15, 0.2) is 0 Å². The Bertz CT molecular complexity index is 309. The molecule has 1 aliphatic rings. The molecule has 1 fully saturated rings. The second-order valence-corrected chi connectivity index (χ2v) is 6.70. The van der Waals surface area contributed by atoms with E-state index in [1.54, 1.807) is 0 Å². The molecule has 0 aromatic rings. The van der Waals surface area contributed by atoms with Crippen LogP contribution in [0.5, 0.6) is 0 Å². The third-order valence-electron chi connectivity index (χ3n) is 2.50. The normalized spacial score (nSPS) is 27.4. The van der Waals surface area contributed by atoms with Crippen LogP contribution >= 0.6 is 11.8 Å². The summed E-state index contributed by atoms with van der Waals surface area (Å²) in [6.07, 6.45) is 2.33. The molecule has 0 aliphatic carbocycles. The van der Waals surface area contributed by atoms with Crippen LogP contribution in [-0.4, -0.2) is 43.0 Å². The largest absolute Gasteiger partial charge is 0.481 e. The number of sulfone groups is 1. The average molecular weight is 238 g/mol. The van der Waals surface area contributed by atoms with Gasteiger partial charge in [-0.3, -0.25) is 4.79 Å². The predicted molar refractivity (Wildman–Crippen MR) is 56.3 cm³/mol. The van der Waals surface area contributed by atoms with Crippen molar-refractivity contribution in [1.82, 2.24) is 0 Å². The number of hydrogen-bond donors (Lipinski definition) is 1. The summed E-state index contributed by atoms with van der Waals surface area (Å²) in [4.78, 5) is 10.9. The molecule has 2 atom stereocenters. The molecule has 4 nitrogen and oxygen atoms in total. The third kappa shape index (κ3) is 2.88. The number of rotatable bonds is 4. The number of aliphatic carboxylic acids is 1. The van der Waals surface area contributed by atoms with Crippen LogP contribution in [0.3, 0.4) is 0 Å². The second kappa shape index (κ2) is 4.53. The lowest BCUT2D eigenvalue weighted by Crippen LogP contribution is -2.26. The van der Waals surface area contributed by atoms with Gasteiger partial charge in [-0.25, -0.2) is 8.42 Å². The molecule has 0 saturated carbocycles. The van der Waals surface area contributed by atoms with Gasteiger partial charge in [-0.15, -0.1) is 0 Å². The van der Waals surface area contributed by atoms with Crippen molar-refractivity contribution >= 4 is 27.6 Å². The van der Waals surface area contributed by atoms with Crippen molar-refractivity contribution in [2.45, 2.75) is 6.42 Å². The molecule has 0 radical (unpaired) electrons. The average Bonchev–Trinajstić information content (AvgIpc) is 2.41. The first kappa shape index (κ1) is 11.8. The van der Waals surface area contributed by atoms with Crippen molar-refractivity contribution in [1.29, 1.82) is 0 Å². The topological polar surface area (TPSA) is 71.4 Å². The first-order valence-electron chi connectivity index (χ1n) is 4.38. The Kier molecular flexibility index (Phi) is 3.83. The van der Waals surface area contributed by atoms with Crippen LogP contribution in [0.2, 0.25) is 0 Å². The first-order valence-corrected chi connectivity index (χ1v) is 7.60. The van der Waals surface area contributed by atoms with E-state index in [2.05, 4.69) is 0 Å². The maximum absolute atomic E-state index is 11.2. The highest BCUT2D eigenvalue weighted by atomic mass is 32.2. The highest BCUT2D eigenvalue weighted by molar-refractivity contribution is 7.98. The first-order chi connectivity index (χ1) is 6.46. The predicted octanol–water partition coefficient (Wildman–Crippen LogP) is 0.485. The van der Waals surface area contributed by atoms with Crippen LogP contribution in [0.1, 0.15) is 6.42 Å². The molecule has 2 unspecified atom stereocenters. The smallest absolute Gasteiger partial charge is 0.307 e. The molecule has 1 heterocycles. The molecule has 0 spiro atoms. The van der Waals surface area contributed by atoms with Gasteiger partial charge in [0, 0.05) is 5.75 Å². The molecule has 82 valence electrons. The molecule has 0 aromatic heterocycles. The van der Waals surface area contributed by atoms with Gasteiger partial charge >= 0.3 is 5.97 Å². The molecular weight excluding hydrogens is 224 g/mol. The van der Waals surface area contributed by atoms with Crippen LogP contribution in [0, 0.1) is 11.8 Å². The summed E-state index contributed by atoms with van der Waals surface area (Å²) in [7, 11) is -2.96. The van der Waals surface area contributed by atoms with E-state index in [1.165, 1.54) is 11.8 Å². The maximum atomic E-state index is 11.2. The van der Waals surface area contributed by atoms with Crippen LogP contribution in [-0.2, 0) is 14.6 Å². The molecule has 1 aliphatic heterocycles. The monoisotopic (exact) mass is 238 g/mol. The lowest BCUT2D eigenvalue weighted by molar-refractivity contribution is -0.142. The van der Waals surface area contributed by atoms with Gasteiger partial charge < -0.3 is 5.11 Å². The van der Waals surface area contributed by atoms with E-state index in [0.29, 0.717) is 12.2 Å². The number of thioether (sulfide) groups is 1. The molecule has 0 amide bonds. The Morgan fingerprint density at radius 2 is 2.29 bits per heavy atom. The molecule has 14 heavy (non-hydrogen) atoms. The number of carboxylic acids is 1. The highest BCUT2D eigenvalue weighted by Gasteiger charge is 2.36. The van der Waals surface area contributed by atoms with Gasteiger partial charge in [0.25, 0.3) is 0 Å². The SMILES string of the molecule is CSCC(C(=O)O)C1CCS(=O)(=O)C1. The van der Waals surface area contributed by atoms with Gasteiger partial charge in [0.05, 0.1) is 17.4 Å². The molecule has 0 aromatic carbocycles. The van der Waals surface area contributed by atoms with E-state index in [9.17, 15) is 13.2 Å². The van der Waals surface area contributed by atoms with E-state index in [0.717, 1.165) is 0 Å². The van der Waals surface area contributed by atoms with E-state index < -0.39 is 21.7 Å². The Labute approximate surface area is 88.0 Å². The summed E-state index contributed by atoms with van der Waals surface area (Å²) in [5, 5.41) is 8.93. The van der Waals surface area contributed by atoms with Crippen molar-refractivity contribution in [2.24, 2.45) is 11.8 Å². The Hall–Kier alpha value is -0.230. The van der Waals surface area contributed by atoms with Gasteiger partial charge in [-0.1, -0.05) is 0 Å². The van der Waals surface area contributed by atoms with Gasteiger partial charge in [0.2, 0.25) is 0 Å². The van der Waals surface area contributed by atoms with Crippen molar-refractivity contribution < 1.29 is 18.3 Å². The third-order valence-corrected chi connectivity index (χ3v) is 4.99. The van der Waals surface area contributed by atoms with Gasteiger partial charge in [-0.2, -0.15) is 11.8 Å². The van der Waals surface area contributed by atoms with E-state index in [1.807, 2.05) is 6.26 Å². The summed E-state index contributed by atoms with van der Waals surface area (Å²) in [6, 6.07) is 0. The quantitative estimate of drug-likeness (QED) is 0.771. The van der Waals surface area contributed by atoms with Crippen LogP contribution in [0.25, 0.3) is 0 Å². The fraction of sp³-hybridized carbons (Fsp3) is 0.875. The fourth-order valence-electron chi connectivity index (χ4n) is 1.73. The number of carbonyl (C=O) groups is 1. The van der Waals surface area contributed by atoms with E-state index in [4.69, 9.17) is 5.11 Å². The zero-order chi connectivity index (χ0) is 10.8. The number of hydrogen-bond acceptors (Lipinski definition) is 4. The molecule has 1 N–H and O–H groups in total. The van der Waals surface area contributed by atoms with E-state index >= 15 is 0 Å². The summed E-state index contributed by atoms with van der Waals surface area (Å²) in [6.45, 7) is 0. The standard InChI is InChI=1S/C8H14O4S2/c1-13-4-7(8(9)10)6-2-3-14(11,12)5-6/h6-7H,2-5H2,1H3,(H,9,10). The van der Waals surface area contributed by atoms with Crippen molar-refractivity contribution in [3.63, 3.8) is 0 Å². The Morgan fingerprint density at radius 3 is 2.64 bits per heavy atom. The summed E-state index contributed by atoms with van der Waals surface area (Å²) < 4.78 is 22.3. The Morgan fingerprint density at radius 1 is 1.64 bits per heavy atom. The fourth-order valence-corrected chi connectivity index (χ4v) is 4.38. The van der Waals surface area contributed by atoms with Crippen molar-refractivity contribution in [3.05, 3.63) is 0 Å². The minimum Gasteiger partial charge on any atom is -0.481 e. The van der Waals surface area contributed by atoms with Crippen LogP contribution in [0.4, 0.5) is 0 Å². The van der Waals surface area contributed by atoms with E-state index in [-0.39, 0.29) is 17.4 Å². The van der Waals surface area contributed by atoms with Gasteiger partial charge in [0.1, 0.15) is 0 Å². The van der Waals surface area contributed by atoms with Crippen molar-refractivity contribution in [2.75, 3.05) is 23.5 Å². The zero-order valence-corrected chi connectivity index (χ0v) is 9.60. The lowest BCUT2D eigenvalue weighted by atomic mass is 9.94. The van der Waals surface area contributed by atoms with Gasteiger partial charge in [-0.05, 0) is 18.6 Å². The molecule has 6 heteroatoms. The molecule has 0 bridgehead atoms. The maximum Gasteiger partial charge on any atom is 0.307 e. The highest BCUT2D eigenvalue weighted by Crippen LogP contribution is 2.28. The van der Waals surface area contributed by atoms with Crippen LogP contribution < -0.4 is 0 Å². The summed E-state index contributed by atoms with van der Waals surface area (Å²) in [5.74, 6) is -0.885. The summed E-state index contributed by atoms with van der Waals surface area (Å²) in [5.41, 5.74) is 0. The van der Waals surface area contributed by atoms with Gasteiger partial charge in [0.15, 0.2) is 9.84 Å². The van der Waals surface area contributed by atoms with Crippen molar-refractivity contribution in [3.8, 4) is 0 Å². The minimum atomic E-state index is -2.96. The summed E-state index contributed by atoms with van der Waals surface area (Å²) >= 11 is 1.45. The molecule has 1 rings (SSSR count).